The minimum atomic E-state index is -3.56. The van der Waals surface area contributed by atoms with Gasteiger partial charge in [0.25, 0.3) is 5.91 Å². The number of thiazole rings is 1. The van der Waals surface area contributed by atoms with Crippen LogP contribution in [0.4, 0.5) is 0 Å². The molecule has 4 rings (SSSR count). The summed E-state index contributed by atoms with van der Waals surface area (Å²) in [6.07, 6.45) is 0. The van der Waals surface area contributed by atoms with E-state index in [1.165, 1.54) is 39.9 Å². The average molecular weight is 454 g/mol. The van der Waals surface area contributed by atoms with Crippen LogP contribution in [0.25, 0.3) is 21.0 Å². The number of rotatable bonds is 5. The number of amides is 1. The molecule has 4 aromatic rings. The molecule has 3 aromatic carbocycles. The number of hydrogen-bond donors (Lipinski definition) is 0. The molecule has 0 fully saturated rings. The summed E-state index contributed by atoms with van der Waals surface area (Å²) < 4.78 is 29.6. The van der Waals surface area contributed by atoms with E-state index in [0.717, 1.165) is 21.0 Å². The number of aryl methyl sites for hydroxylation is 1. The third-order valence-corrected chi connectivity index (χ3v) is 8.59. The molecule has 1 amide bonds. The lowest BCUT2D eigenvalue weighted by atomic mass is 10.1. The molecule has 0 aliphatic carbocycles. The molecule has 1 heterocycles. The summed E-state index contributed by atoms with van der Waals surface area (Å²) in [7, 11) is -1.67. The Kier molecular flexibility index (Phi) is 5.79. The summed E-state index contributed by atoms with van der Waals surface area (Å²) in [5.74, 6) is -0.404. The molecule has 0 aliphatic rings. The zero-order valence-electron chi connectivity index (χ0n) is 17.6. The van der Waals surface area contributed by atoms with Gasteiger partial charge in [-0.3, -0.25) is 4.79 Å². The van der Waals surface area contributed by atoms with Gasteiger partial charge in [-0.25, -0.2) is 8.42 Å². The number of hydrogen-bond acceptors (Lipinski definition) is 4. The van der Waals surface area contributed by atoms with E-state index in [-0.39, 0.29) is 4.90 Å². The van der Waals surface area contributed by atoms with E-state index in [0.29, 0.717) is 23.5 Å². The molecule has 0 unspecified atom stereocenters. The quantitative estimate of drug-likeness (QED) is 0.455. The summed E-state index contributed by atoms with van der Waals surface area (Å²) in [5.41, 5.74) is 1.36. The van der Waals surface area contributed by atoms with Gasteiger partial charge in [0.15, 0.2) is 4.80 Å². The number of benzene rings is 3. The lowest BCUT2D eigenvalue weighted by molar-refractivity contribution is 0.0998. The fourth-order valence-corrected chi connectivity index (χ4v) is 6.21. The predicted molar refractivity (Wildman–Crippen MR) is 125 cm³/mol. The van der Waals surface area contributed by atoms with Crippen molar-refractivity contribution in [2.75, 3.05) is 13.1 Å². The Morgan fingerprint density at radius 1 is 1.00 bits per heavy atom. The minimum absolute atomic E-state index is 0.173. The summed E-state index contributed by atoms with van der Waals surface area (Å²) >= 11 is 1.47. The van der Waals surface area contributed by atoms with Crippen LogP contribution in [0.15, 0.2) is 70.6 Å². The van der Waals surface area contributed by atoms with Crippen LogP contribution in [0.1, 0.15) is 24.2 Å². The molecule has 0 radical (unpaired) electrons. The Morgan fingerprint density at radius 2 is 1.68 bits per heavy atom. The average Bonchev–Trinajstić information content (AvgIpc) is 3.10. The normalized spacial score (nSPS) is 12.8. The summed E-state index contributed by atoms with van der Waals surface area (Å²) in [4.78, 5) is 17.9. The van der Waals surface area contributed by atoms with Gasteiger partial charge in [0, 0.05) is 31.1 Å². The maximum atomic E-state index is 12.8. The van der Waals surface area contributed by atoms with E-state index in [9.17, 15) is 13.2 Å². The second-order valence-corrected chi connectivity index (χ2v) is 10.0. The van der Waals surface area contributed by atoms with Crippen molar-refractivity contribution < 1.29 is 13.2 Å². The number of fused-ring (bicyclic) bond motifs is 3. The number of sulfonamides is 1. The van der Waals surface area contributed by atoms with E-state index in [2.05, 4.69) is 23.2 Å². The molecule has 0 saturated carbocycles. The van der Waals surface area contributed by atoms with Crippen LogP contribution in [0.3, 0.4) is 0 Å². The smallest absolute Gasteiger partial charge is 0.279 e. The topological polar surface area (TPSA) is 71.7 Å². The molecule has 0 N–H and O–H groups in total. The van der Waals surface area contributed by atoms with E-state index < -0.39 is 15.9 Å². The predicted octanol–water partition coefficient (Wildman–Crippen LogP) is 4.16. The summed E-state index contributed by atoms with van der Waals surface area (Å²) in [5, 5.41) is 2.26. The highest BCUT2D eigenvalue weighted by atomic mass is 32.2. The number of aromatic nitrogens is 1. The zero-order valence-corrected chi connectivity index (χ0v) is 19.2. The van der Waals surface area contributed by atoms with Gasteiger partial charge in [-0.05, 0) is 35.7 Å². The van der Waals surface area contributed by atoms with Gasteiger partial charge in [0.1, 0.15) is 0 Å². The van der Waals surface area contributed by atoms with Gasteiger partial charge >= 0.3 is 0 Å². The van der Waals surface area contributed by atoms with Crippen molar-refractivity contribution in [3.63, 3.8) is 0 Å². The number of nitrogens with zero attached hydrogens (tertiary/aromatic N) is 3. The van der Waals surface area contributed by atoms with E-state index >= 15 is 0 Å². The fraction of sp³-hybridized carbons (Fsp3) is 0.217. The van der Waals surface area contributed by atoms with E-state index in [1.54, 1.807) is 13.8 Å². The maximum absolute atomic E-state index is 12.8. The number of carbonyl (C=O) groups excluding carboxylic acids is 1. The molecule has 160 valence electrons. The van der Waals surface area contributed by atoms with Crippen LogP contribution in [0, 0.1) is 0 Å². The van der Waals surface area contributed by atoms with Gasteiger partial charge < -0.3 is 4.57 Å². The highest BCUT2D eigenvalue weighted by Gasteiger charge is 2.21. The van der Waals surface area contributed by atoms with Crippen molar-refractivity contribution >= 4 is 48.3 Å². The molecule has 8 heteroatoms. The van der Waals surface area contributed by atoms with Gasteiger partial charge in [0.2, 0.25) is 10.0 Å². The third-order valence-electron chi connectivity index (χ3n) is 5.34. The molecule has 0 aliphatic heterocycles. The molecule has 0 saturated heterocycles. The highest BCUT2D eigenvalue weighted by molar-refractivity contribution is 7.89. The van der Waals surface area contributed by atoms with Crippen LogP contribution in [-0.4, -0.2) is 36.3 Å². The van der Waals surface area contributed by atoms with Crippen molar-refractivity contribution in [2.45, 2.75) is 18.7 Å². The van der Waals surface area contributed by atoms with Gasteiger partial charge in [-0.1, -0.05) is 55.5 Å². The Labute approximate surface area is 185 Å². The van der Waals surface area contributed by atoms with Crippen molar-refractivity contribution in [1.29, 1.82) is 0 Å². The molecule has 31 heavy (non-hydrogen) atoms. The van der Waals surface area contributed by atoms with Crippen LogP contribution < -0.4 is 4.80 Å². The third kappa shape index (κ3) is 3.82. The highest BCUT2D eigenvalue weighted by Crippen LogP contribution is 2.27. The Hall–Kier alpha value is -2.81. The van der Waals surface area contributed by atoms with Gasteiger partial charge in [-0.15, -0.1) is 0 Å². The minimum Gasteiger partial charge on any atom is -0.319 e. The Balaban J connectivity index is 1.72. The van der Waals surface area contributed by atoms with Crippen LogP contribution >= 0.6 is 11.3 Å². The van der Waals surface area contributed by atoms with Crippen LogP contribution in [0.2, 0.25) is 0 Å². The molecule has 0 spiro atoms. The first kappa shape index (κ1) is 21.4. The first-order valence-corrected chi connectivity index (χ1v) is 12.3. The molecule has 0 bridgehead atoms. The fourth-order valence-electron chi connectivity index (χ4n) is 3.60. The Bertz CT molecular complexity index is 1450. The summed E-state index contributed by atoms with van der Waals surface area (Å²) in [6.45, 7) is 4.38. The molecule has 6 nitrogen and oxygen atoms in total. The second kappa shape index (κ2) is 8.37. The molecule has 0 atom stereocenters. The van der Waals surface area contributed by atoms with E-state index in [1.807, 2.05) is 29.8 Å². The Morgan fingerprint density at radius 3 is 2.35 bits per heavy atom. The maximum Gasteiger partial charge on any atom is 0.279 e. The van der Waals surface area contributed by atoms with Crippen LogP contribution in [0.5, 0.6) is 0 Å². The van der Waals surface area contributed by atoms with Crippen LogP contribution in [-0.2, 0) is 17.1 Å². The van der Waals surface area contributed by atoms with Gasteiger partial charge in [0.05, 0.1) is 15.1 Å². The second-order valence-electron chi connectivity index (χ2n) is 7.11. The number of carbonyl (C=O) groups is 1. The first-order chi connectivity index (χ1) is 14.9. The zero-order chi connectivity index (χ0) is 22.2. The van der Waals surface area contributed by atoms with Crippen molar-refractivity contribution in [3.8, 4) is 0 Å². The largest absolute Gasteiger partial charge is 0.319 e. The van der Waals surface area contributed by atoms with Crippen molar-refractivity contribution in [1.82, 2.24) is 8.87 Å². The van der Waals surface area contributed by atoms with Crippen molar-refractivity contribution in [3.05, 3.63) is 71.0 Å². The monoisotopic (exact) mass is 453 g/mol. The molecular formula is C23H23N3O3S2. The van der Waals surface area contributed by atoms with Gasteiger partial charge in [-0.2, -0.15) is 9.30 Å². The molecular weight excluding hydrogens is 430 g/mol. The van der Waals surface area contributed by atoms with E-state index in [4.69, 9.17) is 0 Å². The SMILES string of the molecule is CCN(CC)S(=O)(=O)c1ccc(C(=O)N=c2sc3c4ccccc4ccc3n2C)cc1. The van der Waals surface area contributed by atoms with Crippen molar-refractivity contribution in [2.24, 2.45) is 12.0 Å². The lowest BCUT2D eigenvalue weighted by Crippen LogP contribution is -2.30. The lowest BCUT2D eigenvalue weighted by Gasteiger charge is -2.18. The standard InChI is InChI=1S/C23H23N3O3S2/c1-4-26(5-2)31(28,29)18-13-10-17(11-14-18)22(27)24-23-25(3)20-15-12-16-8-6-7-9-19(16)21(20)30-23/h6-15H,4-5H2,1-3H3. The molecule has 1 aromatic heterocycles. The summed E-state index contributed by atoms with van der Waals surface area (Å²) in [6, 6.07) is 18.2. The first-order valence-electron chi connectivity index (χ1n) is 10.0.